The zero-order valence-corrected chi connectivity index (χ0v) is 9.76. The fraction of sp³-hybridized carbons (Fsp3) is 0.667. The number of hydrogen-bond acceptors (Lipinski definition) is 2. The van der Waals surface area contributed by atoms with E-state index in [4.69, 9.17) is 4.74 Å². The Balaban J connectivity index is 2.57. The smallest absolute Gasteiger partial charge is 0.109 e. The van der Waals surface area contributed by atoms with E-state index < -0.39 is 6.67 Å². The van der Waals surface area contributed by atoms with Gasteiger partial charge < -0.3 is 4.74 Å². The second-order valence-corrected chi connectivity index (χ2v) is 3.76. The average Bonchev–Trinajstić information content (AvgIpc) is 2.50. The number of alkyl halides is 1. The van der Waals surface area contributed by atoms with Crippen molar-refractivity contribution in [2.75, 3.05) is 13.3 Å². The van der Waals surface area contributed by atoms with Gasteiger partial charge in [-0.2, -0.15) is 5.10 Å². The van der Waals surface area contributed by atoms with Crippen molar-refractivity contribution in [2.24, 2.45) is 0 Å². The van der Waals surface area contributed by atoms with Gasteiger partial charge in [-0.05, 0) is 22.4 Å². The summed E-state index contributed by atoms with van der Waals surface area (Å²) in [4.78, 5) is 0. The summed E-state index contributed by atoms with van der Waals surface area (Å²) in [5, 5.41) is 4.03. The Bertz CT molecular complexity index is 278. The number of aromatic nitrogens is 2. The summed E-state index contributed by atoms with van der Waals surface area (Å²) in [6, 6.07) is 0. The molecule has 0 aliphatic rings. The molecule has 0 unspecified atom stereocenters. The van der Waals surface area contributed by atoms with Gasteiger partial charge >= 0.3 is 0 Å². The number of ether oxygens (including phenoxy) is 1. The van der Waals surface area contributed by atoms with Gasteiger partial charge in [0.25, 0.3) is 0 Å². The molecule has 0 amide bonds. The lowest BCUT2D eigenvalue weighted by Crippen LogP contribution is -2.08. The molecule has 3 nitrogen and oxygen atoms in total. The van der Waals surface area contributed by atoms with Gasteiger partial charge in [0, 0.05) is 6.61 Å². The van der Waals surface area contributed by atoms with E-state index in [2.05, 4.69) is 21.0 Å². The molecule has 0 bridgehead atoms. The average molecular weight is 265 g/mol. The highest BCUT2D eigenvalue weighted by Gasteiger charge is 2.07. The van der Waals surface area contributed by atoms with Crippen molar-refractivity contribution in [3.63, 3.8) is 0 Å². The summed E-state index contributed by atoms with van der Waals surface area (Å²) in [7, 11) is 0. The van der Waals surface area contributed by atoms with E-state index in [1.54, 1.807) is 10.9 Å². The van der Waals surface area contributed by atoms with Gasteiger partial charge in [-0.1, -0.05) is 6.92 Å². The first-order chi connectivity index (χ1) is 6.79. The summed E-state index contributed by atoms with van der Waals surface area (Å²) in [5.41, 5.74) is 0.899. The van der Waals surface area contributed by atoms with Crippen molar-refractivity contribution in [1.29, 1.82) is 0 Å². The van der Waals surface area contributed by atoms with Crippen LogP contribution >= 0.6 is 15.9 Å². The Morgan fingerprint density at radius 2 is 2.43 bits per heavy atom. The lowest BCUT2D eigenvalue weighted by molar-refractivity contribution is 0.114. The summed E-state index contributed by atoms with van der Waals surface area (Å²) in [5.74, 6) is 0. The molecule has 0 N–H and O–H groups in total. The van der Waals surface area contributed by atoms with Gasteiger partial charge in [-0.25, -0.2) is 4.39 Å². The number of rotatable bonds is 6. The summed E-state index contributed by atoms with van der Waals surface area (Å²) in [6.45, 7) is 3.13. The lowest BCUT2D eigenvalue weighted by atomic mass is 10.4. The van der Waals surface area contributed by atoms with Gasteiger partial charge in [-0.3, -0.25) is 4.68 Å². The second-order valence-electron chi connectivity index (χ2n) is 2.90. The molecule has 0 saturated carbocycles. The van der Waals surface area contributed by atoms with Crippen LogP contribution in [0.3, 0.4) is 0 Å². The quantitative estimate of drug-likeness (QED) is 0.739. The fourth-order valence-electron chi connectivity index (χ4n) is 1.12. The molecule has 0 radical (unpaired) electrons. The van der Waals surface area contributed by atoms with Crippen LogP contribution in [0.4, 0.5) is 4.39 Å². The van der Waals surface area contributed by atoms with Crippen LogP contribution in [0.25, 0.3) is 0 Å². The molecule has 0 fully saturated rings. The highest BCUT2D eigenvalue weighted by Crippen LogP contribution is 2.16. The van der Waals surface area contributed by atoms with Crippen LogP contribution in [0.15, 0.2) is 10.7 Å². The molecule has 0 atom stereocenters. The molecule has 0 spiro atoms. The van der Waals surface area contributed by atoms with Crippen molar-refractivity contribution >= 4 is 15.9 Å². The van der Waals surface area contributed by atoms with Crippen LogP contribution in [-0.2, 0) is 17.9 Å². The third-order valence-corrected chi connectivity index (χ3v) is 2.44. The summed E-state index contributed by atoms with van der Waals surface area (Å²) < 4.78 is 20.0. The minimum Gasteiger partial charge on any atom is -0.375 e. The van der Waals surface area contributed by atoms with Gasteiger partial charge in [0.1, 0.15) is 6.67 Å². The van der Waals surface area contributed by atoms with E-state index in [0.717, 1.165) is 16.6 Å². The molecule has 0 aliphatic carbocycles. The fourth-order valence-corrected chi connectivity index (χ4v) is 1.53. The van der Waals surface area contributed by atoms with Gasteiger partial charge in [0.15, 0.2) is 0 Å². The predicted octanol–water partition coefficient (Wildman–Crippen LogP) is 2.54. The maximum Gasteiger partial charge on any atom is 0.109 e. The first-order valence-electron chi connectivity index (χ1n) is 4.63. The second kappa shape index (κ2) is 6.14. The molecule has 1 aromatic heterocycles. The number of nitrogens with zero attached hydrogens (tertiary/aromatic N) is 2. The Hall–Kier alpha value is -0.420. The molecule has 0 aromatic carbocycles. The van der Waals surface area contributed by atoms with E-state index in [-0.39, 0.29) is 6.54 Å². The third kappa shape index (κ3) is 3.06. The topological polar surface area (TPSA) is 27.1 Å². The minimum atomic E-state index is -0.408. The van der Waals surface area contributed by atoms with Crippen LogP contribution in [0.1, 0.15) is 19.0 Å². The molecule has 5 heteroatoms. The van der Waals surface area contributed by atoms with E-state index in [1.165, 1.54) is 0 Å². The largest absolute Gasteiger partial charge is 0.375 e. The van der Waals surface area contributed by atoms with Crippen LogP contribution in [0.5, 0.6) is 0 Å². The van der Waals surface area contributed by atoms with Crippen molar-refractivity contribution in [1.82, 2.24) is 9.78 Å². The minimum absolute atomic E-state index is 0.288. The monoisotopic (exact) mass is 264 g/mol. The normalized spacial score (nSPS) is 10.8. The van der Waals surface area contributed by atoms with Crippen LogP contribution < -0.4 is 0 Å². The summed E-state index contributed by atoms with van der Waals surface area (Å²) >= 11 is 3.35. The molecule has 1 aromatic rings. The van der Waals surface area contributed by atoms with E-state index in [0.29, 0.717) is 13.2 Å². The first kappa shape index (κ1) is 11.7. The zero-order valence-electron chi connectivity index (χ0n) is 8.17. The maximum absolute atomic E-state index is 12.1. The van der Waals surface area contributed by atoms with E-state index in [9.17, 15) is 4.39 Å². The maximum atomic E-state index is 12.1. The Labute approximate surface area is 91.4 Å². The van der Waals surface area contributed by atoms with Crippen molar-refractivity contribution in [2.45, 2.75) is 26.5 Å². The number of aryl methyl sites for hydroxylation is 1. The molecule has 0 saturated heterocycles. The van der Waals surface area contributed by atoms with E-state index >= 15 is 0 Å². The highest BCUT2D eigenvalue weighted by molar-refractivity contribution is 9.10. The Morgan fingerprint density at radius 1 is 1.64 bits per heavy atom. The van der Waals surface area contributed by atoms with Crippen molar-refractivity contribution in [3.8, 4) is 0 Å². The van der Waals surface area contributed by atoms with Crippen LogP contribution in [0.2, 0.25) is 0 Å². The first-order valence-corrected chi connectivity index (χ1v) is 5.42. The Morgan fingerprint density at radius 3 is 3.07 bits per heavy atom. The van der Waals surface area contributed by atoms with Gasteiger partial charge in [0.05, 0.1) is 29.5 Å². The van der Waals surface area contributed by atoms with Gasteiger partial charge in [0.2, 0.25) is 0 Å². The molecule has 1 heterocycles. The van der Waals surface area contributed by atoms with Crippen LogP contribution in [-0.4, -0.2) is 23.1 Å². The lowest BCUT2D eigenvalue weighted by Gasteiger charge is -2.06. The molecule has 1 rings (SSSR count). The Kier molecular flexibility index (Phi) is 5.11. The van der Waals surface area contributed by atoms with Gasteiger partial charge in [-0.15, -0.1) is 0 Å². The molecular weight excluding hydrogens is 251 g/mol. The molecule has 0 aliphatic heterocycles. The van der Waals surface area contributed by atoms with Crippen LogP contribution in [0, 0.1) is 0 Å². The number of hydrogen-bond donors (Lipinski definition) is 0. The molecule has 80 valence electrons. The predicted molar refractivity (Wildman–Crippen MR) is 55.8 cm³/mol. The highest BCUT2D eigenvalue weighted by atomic mass is 79.9. The van der Waals surface area contributed by atoms with E-state index in [1.807, 2.05) is 6.92 Å². The third-order valence-electron chi connectivity index (χ3n) is 1.78. The molecular formula is C9H14BrFN2O. The standard InChI is InChI=1S/C9H14BrFN2O/c1-2-5-14-7-9-8(10)6-12-13(9)4-3-11/h6H,2-5,7H2,1H3. The zero-order chi connectivity index (χ0) is 10.4. The number of halogens is 2. The van der Waals surface area contributed by atoms with Crippen molar-refractivity contribution in [3.05, 3.63) is 16.4 Å². The SMILES string of the molecule is CCCOCc1c(Br)cnn1CCF. The molecule has 14 heavy (non-hydrogen) atoms. The van der Waals surface area contributed by atoms with Crippen molar-refractivity contribution < 1.29 is 9.13 Å². The summed E-state index contributed by atoms with van der Waals surface area (Å²) in [6.07, 6.45) is 2.65.